The van der Waals surface area contributed by atoms with E-state index in [-0.39, 0.29) is 17.3 Å². The lowest BCUT2D eigenvalue weighted by Crippen LogP contribution is -2.35. The Morgan fingerprint density at radius 1 is 1.24 bits per heavy atom. The van der Waals surface area contributed by atoms with Gasteiger partial charge in [-0.1, -0.05) is 35.9 Å². The number of hydrogen-bond donors (Lipinski definition) is 1. The average molecular weight is 417 g/mol. The molecule has 3 nitrogen and oxygen atoms in total. The Bertz CT molecular complexity index is 586. The molecule has 1 aliphatic carbocycles. The quantitative estimate of drug-likeness (QED) is 0.615. The summed E-state index contributed by atoms with van der Waals surface area (Å²) >= 11 is 0. The first kappa shape index (κ1) is 27.3. The fraction of sp³-hybridized carbons (Fsp3) is 0.609. The molecule has 6 heteroatoms. The standard InChI is InChI=1S/C12H20O2.C9H9F3.C2H6O/c1-3-4-7-12(10(2)13)8-5-11(14)6-9-12;1-7-2-4-8(5-3-7)6-9(10,11)12;1-3-2/h3,11,14H,1,4-9H2,2H3;2-5H,6H2,1H3;1-2H3. The highest BCUT2D eigenvalue weighted by molar-refractivity contribution is 5.82. The van der Waals surface area contributed by atoms with E-state index in [1.807, 2.05) is 13.0 Å². The number of ketones is 1. The van der Waals surface area contributed by atoms with Gasteiger partial charge in [-0.2, -0.15) is 13.2 Å². The molecule has 0 amide bonds. The fourth-order valence-electron chi connectivity index (χ4n) is 3.25. The predicted molar refractivity (Wildman–Crippen MR) is 111 cm³/mol. The zero-order chi connectivity index (χ0) is 22.5. The smallest absolute Gasteiger partial charge is 0.393 e. The number of carbonyl (C=O) groups excluding carboxylic acids is 1. The number of hydrogen-bond acceptors (Lipinski definition) is 3. The number of ether oxygens (including phenoxy) is 1. The van der Waals surface area contributed by atoms with E-state index < -0.39 is 12.6 Å². The number of benzene rings is 1. The Hall–Kier alpha value is -1.66. The minimum absolute atomic E-state index is 0.159. The Morgan fingerprint density at radius 2 is 1.72 bits per heavy atom. The van der Waals surface area contributed by atoms with Crippen molar-refractivity contribution < 1.29 is 27.8 Å². The lowest BCUT2D eigenvalue weighted by atomic mass is 9.68. The lowest BCUT2D eigenvalue weighted by Gasteiger charge is -2.36. The van der Waals surface area contributed by atoms with Gasteiger partial charge in [0.25, 0.3) is 0 Å². The number of methoxy groups -OCH3 is 1. The molecular weight excluding hydrogens is 381 g/mol. The van der Waals surface area contributed by atoms with Crippen LogP contribution in [-0.2, 0) is 16.0 Å². The first-order valence-electron chi connectivity index (χ1n) is 9.82. The van der Waals surface area contributed by atoms with Crippen molar-refractivity contribution in [3.8, 4) is 0 Å². The highest BCUT2D eigenvalue weighted by atomic mass is 19.4. The molecule has 1 aromatic rings. The SMILES string of the molecule is C=CCCC1(C(C)=O)CCC(O)CC1.COC.Cc1ccc(CC(F)(F)F)cc1. The fourth-order valence-corrected chi connectivity index (χ4v) is 3.25. The van der Waals surface area contributed by atoms with Crippen molar-refractivity contribution >= 4 is 5.78 Å². The second kappa shape index (κ2) is 13.5. The van der Waals surface area contributed by atoms with Crippen LogP contribution in [0, 0.1) is 12.3 Å². The molecule has 0 aliphatic heterocycles. The van der Waals surface area contributed by atoms with Crippen LogP contribution in [0.15, 0.2) is 36.9 Å². The summed E-state index contributed by atoms with van der Waals surface area (Å²) in [5, 5.41) is 9.42. The molecule has 166 valence electrons. The van der Waals surface area contributed by atoms with Crippen molar-refractivity contribution in [1.29, 1.82) is 0 Å². The van der Waals surface area contributed by atoms with Crippen LogP contribution >= 0.6 is 0 Å². The summed E-state index contributed by atoms with van der Waals surface area (Å²) in [6.07, 6.45) is 1.78. The zero-order valence-electron chi connectivity index (χ0n) is 18.0. The second-order valence-corrected chi connectivity index (χ2v) is 7.58. The second-order valence-electron chi connectivity index (χ2n) is 7.58. The molecule has 1 aliphatic rings. The van der Waals surface area contributed by atoms with Gasteiger partial charge in [-0.05, 0) is 57.9 Å². The molecular formula is C23H35F3O3. The van der Waals surface area contributed by atoms with Crippen LogP contribution in [0.5, 0.6) is 0 Å². The molecule has 2 rings (SSSR count). The van der Waals surface area contributed by atoms with E-state index in [9.17, 15) is 23.1 Å². The summed E-state index contributed by atoms with van der Waals surface area (Å²) in [6, 6.07) is 6.37. The van der Waals surface area contributed by atoms with Gasteiger partial charge in [0.1, 0.15) is 5.78 Å². The van der Waals surface area contributed by atoms with E-state index in [0.29, 0.717) is 5.56 Å². The molecule has 1 aromatic carbocycles. The topological polar surface area (TPSA) is 46.5 Å². The third-order valence-corrected chi connectivity index (χ3v) is 5.01. The third-order valence-electron chi connectivity index (χ3n) is 5.01. The van der Waals surface area contributed by atoms with Crippen LogP contribution in [0.3, 0.4) is 0 Å². The monoisotopic (exact) mass is 416 g/mol. The van der Waals surface area contributed by atoms with Gasteiger partial charge in [-0.15, -0.1) is 6.58 Å². The molecule has 0 unspecified atom stereocenters. The van der Waals surface area contributed by atoms with Gasteiger partial charge in [-0.25, -0.2) is 0 Å². The lowest BCUT2D eigenvalue weighted by molar-refractivity contribution is -0.130. The van der Waals surface area contributed by atoms with Gasteiger partial charge in [0.05, 0.1) is 12.5 Å². The van der Waals surface area contributed by atoms with E-state index >= 15 is 0 Å². The zero-order valence-corrected chi connectivity index (χ0v) is 18.0. The van der Waals surface area contributed by atoms with Crippen molar-refractivity contribution in [3.63, 3.8) is 0 Å². The molecule has 0 atom stereocenters. The molecule has 0 spiro atoms. The van der Waals surface area contributed by atoms with Gasteiger partial charge >= 0.3 is 6.18 Å². The van der Waals surface area contributed by atoms with Crippen LogP contribution < -0.4 is 0 Å². The van der Waals surface area contributed by atoms with E-state index in [1.165, 1.54) is 12.1 Å². The number of rotatable bonds is 5. The number of aliphatic hydroxyl groups excluding tert-OH is 1. The van der Waals surface area contributed by atoms with Crippen molar-refractivity contribution in [2.45, 2.75) is 71.1 Å². The normalized spacial score (nSPS) is 21.2. The van der Waals surface area contributed by atoms with Crippen LogP contribution in [0.4, 0.5) is 13.2 Å². The van der Waals surface area contributed by atoms with Crippen molar-refractivity contribution in [2.24, 2.45) is 5.41 Å². The third kappa shape index (κ3) is 11.8. The molecule has 0 bridgehead atoms. The van der Waals surface area contributed by atoms with Gasteiger partial charge in [0.2, 0.25) is 0 Å². The number of carbonyl (C=O) groups is 1. The maximum Gasteiger partial charge on any atom is 0.393 e. The van der Waals surface area contributed by atoms with Crippen molar-refractivity contribution in [3.05, 3.63) is 48.0 Å². The van der Waals surface area contributed by atoms with Gasteiger partial charge in [0.15, 0.2) is 0 Å². The highest BCUT2D eigenvalue weighted by Gasteiger charge is 2.37. The molecule has 1 fully saturated rings. The average Bonchev–Trinajstić information content (AvgIpc) is 2.63. The number of aliphatic hydroxyl groups is 1. The van der Waals surface area contributed by atoms with Crippen LogP contribution in [0.25, 0.3) is 0 Å². The first-order chi connectivity index (χ1) is 13.5. The molecule has 1 N–H and O–H groups in total. The van der Waals surface area contributed by atoms with E-state index in [4.69, 9.17) is 0 Å². The molecule has 29 heavy (non-hydrogen) atoms. The summed E-state index contributed by atoms with van der Waals surface area (Å²) in [5.74, 6) is 0.284. The van der Waals surface area contributed by atoms with Crippen LogP contribution in [0.2, 0.25) is 0 Å². The van der Waals surface area contributed by atoms with Gasteiger partial charge < -0.3 is 9.84 Å². The molecule has 1 saturated carbocycles. The highest BCUT2D eigenvalue weighted by Crippen LogP contribution is 2.41. The summed E-state index contributed by atoms with van der Waals surface area (Å²) in [4.78, 5) is 11.6. The summed E-state index contributed by atoms with van der Waals surface area (Å²) in [5.41, 5.74) is 1.13. The van der Waals surface area contributed by atoms with Crippen LogP contribution in [-0.4, -0.2) is 37.4 Å². The molecule has 0 radical (unpaired) electrons. The van der Waals surface area contributed by atoms with Gasteiger partial charge in [0, 0.05) is 19.6 Å². The van der Waals surface area contributed by atoms with Crippen molar-refractivity contribution in [2.75, 3.05) is 14.2 Å². The Kier molecular flexibility index (Phi) is 12.8. The summed E-state index contributed by atoms with van der Waals surface area (Å²) < 4.78 is 39.8. The molecule has 0 aromatic heterocycles. The predicted octanol–water partition coefficient (Wildman–Crippen LogP) is 5.83. The maximum absolute atomic E-state index is 11.8. The minimum atomic E-state index is -4.10. The molecule has 0 heterocycles. The Labute approximate surface area is 173 Å². The maximum atomic E-state index is 11.8. The Morgan fingerprint density at radius 3 is 2.10 bits per heavy atom. The molecule has 0 saturated heterocycles. The number of Topliss-reactive ketones (excluding diaryl/α,β-unsaturated/α-hetero) is 1. The number of alkyl halides is 3. The van der Waals surface area contributed by atoms with E-state index in [1.54, 1.807) is 33.3 Å². The van der Waals surface area contributed by atoms with E-state index in [0.717, 1.165) is 44.1 Å². The summed E-state index contributed by atoms with van der Waals surface area (Å²) in [7, 11) is 3.25. The van der Waals surface area contributed by atoms with Crippen LogP contribution in [0.1, 0.15) is 56.6 Å². The Balaban J connectivity index is 0.000000481. The van der Waals surface area contributed by atoms with Crippen molar-refractivity contribution in [1.82, 2.24) is 0 Å². The van der Waals surface area contributed by atoms with E-state index in [2.05, 4.69) is 11.3 Å². The largest absolute Gasteiger partial charge is 0.393 e. The number of allylic oxidation sites excluding steroid dienone is 1. The summed E-state index contributed by atoms with van der Waals surface area (Å²) in [6.45, 7) is 7.22. The minimum Gasteiger partial charge on any atom is -0.393 e. The number of halogens is 3. The van der Waals surface area contributed by atoms with Gasteiger partial charge in [-0.3, -0.25) is 4.79 Å². The number of aryl methyl sites for hydroxylation is 1. The first-order valence-corrected chi connectivity index (χ1v) is 9.82.